The summed E-state index contributed by atoms with van der Waals surface area (Å²) in [5.74, 6) is 0. The molecule has 0 aromatic heterocycles. The Balaban J connectivity index is 1.66. The highest BCUT2D eigenvalue weighted by Crippen LogP contribution is 2.57. The van der Waals surface area contributed by atoms with Crippen LogP contribution in [0.2, 0.25) is 5.04 Å². The average molecular weight is 505 g/mol. The van der Waals surface area contributed by atoms with Crippen LogP contribution < -0.4 is 10.4 Å². The molecule has 5 nitrogen and oxygen atoms in total. The summed E-state index contributed by atoms with van der Waals surface area (Å²) < 4.78 is 13.0. The van der Waals surface area contributed by atoms with E-state index in [-0.39, 0.29) is 16.5 Å². The largest absolute Gasteiger partial charge is 0.444 e. The van der Waals surface area contributed by atoms with Crippen molar-refractivity contribution in [2.24, 2.45) is 5.41 Å². The first-order valence-corrected chi connectivity index (χ1v) is 15.0. The molecule has 1 saturated carbocycles. The fourth-order valence-corrected chi connectivity index (χ4v) is 11.0. The standard InChI is InChI=1S/C30H40N2O3Si/c1-27(2,3)34-26(33)32-19-13-18-29(23-32)20-30(21-29,22-31)35-36(28(4,5)6,24-14-9-7-10-15-24)25-16-11-8-12-17-25/h7-12,14-17H,13,18-21,23H2,1-6H3. The van der Waals surface area contributed by atoms with Crippen molar-refractivity contribution < 1.29 is 14.0 Å². The first-order valence-electron chi connectivity index (χ1n) is 13.0. The van der Waals surface area contributed by atoms with Gasteiger partial charge in [-0.15, -0.1) is 0 Å². The van der Waals surface area contributed by atoms with Gasteiger partial charge in [-0.3, -0.25) is 0 Å². The number of likely N-dealkylation sites (tertiary alicyclic amines) is 1. The van der Waals surface area contributed by atoms with Gasteiger partial charge in [-0.2, -0.15) is 5.26 Å². The molecule has 2 fully saturated rings. The number of amides is 1. The monoisotopic (exact) mass is 504 g/mol. The van der Waals surface area contributed by atoms with Crippen LogP contribution in [0.4, 0.5) is 4.79 Å². The van der Waals surface area contributed by atoms with Gasteiger partial charge in [0.05, 0.1) is 6.07 Å². The second kappa shape index (κ2) is 9.35. The first kappa shape index (κ1) is 26.4. The normalized spacial score (nSPS) is 24.6. The Hall–Kier alpha value is -2.62. The van der Waals surface area contributed by atoms with Crippen LogP contribution >= 0.6 is 0 Å². The number of nitrogens with zero attached hydrogens (tertiary/aromatic N) is 2. The van der Waals surface area contributed by atoms with E-state index in [0.29, 0.717) is 25.9 Å². The number of ether oxygens (including phenoxy) is 1. The van der Waals surface area contributed by atoms with Gasteiger partial charge in [0.25, 0.3) is 8.32 Å². The number of carbonyl (C=O) groups excluding carboxylic acids is 1. The van der Waals surface area contributed by atoms with E-state index >= 15 is 0 Å². The van der Waals surface area contributed by atoms with Crippen LogP contribution in [0.25, 0.3) is 0 Å². The lowest BCUT2D eigenvalue weighted by Gasteiger charge is -2.59. The van der Waals surface area contributed by atoms with Crippen molar-refractivity contribution in [3.63, 3.8) is 0 Å². The second-order valence-corrected chi connectivity index (χ2v) is 17.0. The van der Waals surface area contributed by atoms with Gasteiger partial charge >= 0.3 is 6.09 Å². The molecule has 2 aromatic carbocycles. The fourth-order valence-electron chi connectivity index (χ4n) is 6.26. The molecule has 1 saturated heterocycles. The summed E-state index contributed by atoms with van der Waals surface area (Å²) in [6.45, 7) is 13.7. The summed E-state index contributed by atoms with van der Waals surface area (Å²) in [5.41, 5.74) is -1.50. The molecule has 192 valence electrons. The summed E-state index contributed by atoms with van der Waals surface area (Å²) in [6.07, 6.45) is 2.93. The minimum absolute atomic E-state index is 0.101. The van der Waals surface area contributed by atoms with Crippen LogP contribution in [-0.4, -0.2) is 43.6 Å². The van der Waals surface area contributed by atoms with Crippen molar-refractivity contribution in [1.29, 1.82) is 5.26 Å². The van der Waals surface area contributed by atoms with Crippen LogP contribution in [0.5, 0.6) is 0 Å². The van der Waals surface area contributed by atoms with Gasteiger partial charge in [-0.25, -0.2) is 4.79 Å². The molecule has 0 atom stereocenters. The summed E-state index contributed by atoms with van der Waals surface area (Å²) >= 11 is 0. The number of benzene rings is 2. The number of hydrogen-bond acceptors (Lipinski definition) is 4. The minimum atomic E-state index is -2.85. The molecule has 6 heteroatoms. The molecule has 4 rings (SSSR count). The van der Waals surface area contributed by atoms with E-state index in [1.807, 2.05) is 37.8 Å². The maximum atomic E-state index is 12.8. The van der Waals surface area contributed by atoms with E-state index in [9.17, 15) is 10.1 Å². The van der Waals surface area contributed by atoms with Crippen molar-refractivity contribution in [1.82, 2.24) is 4.90 Å². The Morgan fingerprint density at radius 1 is 0.944 bits per heavy atom. The summed E-state index contributed by atoms with van der Waals surface area (Å²) in [7, 11) is -2.85. The topological polar surface area (TPSA) is 62.6 Å². The third-order valence-electron chi connectivity index (χ3n) is 7.60. The molecule has 1 heterocycles. The molecule has 36 heavy (non-hydrogen) atoms. The Kier molecular flexibility index (Phi) is 6.87. The summed E-state index contributed by atoms with van der Waals surface area (Å²) in [6, 6.07) is 23.6. The van der Waals surface area contributed by atoms with Gasteiger partial charge in [-0.1, -0.05) is 81.4 Å². The average Bonchev–Trinajstić information content (AvgIpc) is 2.80. The molecule has 1 spiro atoms. The quantitative estimate of drug-likeness (QED) is 0.506. The maximum Gasteiger partial charge on any atom is 0.410 e. The number of rotatable bonds is 4. The van der Waals surface area contributed by atoms with E-state index in [1.165, 1.54) is 10.4 Å². The summed E-state index contributed by atoms with van der Waals surface area (Å²) in [5, 5.41) is 12.7. The molecule has 2 aliphatic rings. The second-order valence-electron chi connectivity index (χ2n) is 12.7. The molecule has 1 amide bonds. The number of nitriles is 1. The van der Waals surface area contributed by atoms with E-state index < -0.39 is 19.5 Å². The van der Waals surface area contributed by atoms with Gasteiger partial charge in [0, 0.05) is 13.1 Å². The first-order chi connectivity index (χ1) is 16.8. The Morgan fingerprint density at radius 2 is 1.47 bits per heavy atom. The molecule has 2 aromatic rings. The van der Waals surface area contributed by atoms with E-state index in [2.05, 4.69) is 75.4 Å². The zero-order valence-corrected chi connectivity index (χ0v) is 23.6. The highest BCUT2D eigenvalue weighted by molar-refractivity contribution is 6.99. The zero-order chi connectivity index (χ0) is 26.2. The van der Waals surface area contributed by atoms with Gasteiger partial charge in [0.2, 0.25) is 0 Å². The Bertz CT molecular complexity index is 1070. The van der Waals surface area contributed by atoms with Crippen LogP contribution in [0.15, 0.2) is 60.7 Å². The van der Waals surface area contributed by atoms with Crippen molar-refractivity contribution in [3.8, 4) is 6.07 Å². The van der Waals surface area contributed by atoms with Gasteiger partial charge in [0.15, 0.2) is 0 Å². The molecule has 1 aliphatic heterocycles. The highest BCUT2D eigenvalue weighted by Gasteiger charge is 2.63. The Morgan fingerprint density at radius 3 is 1.92 bits per heavy atom. The molecule has 0 radical (unpaired) electrons. The van der Waals surface area contributed by atoms with Crippen LogP contribution in [0, 0.1) is 16.7 Å². The smallest absolute Gasteiger partial charge is 0.410 e. The van der Waals surface area contributed by atoms with Crippen molar-refractivity contribution >= 4 is 24.8 Å². The number of hydrogen-bond donors (Lipinski definition) is 0. The lowest BCUT2D eigenvalue weighted by atomic mass is 9.56. The molecular weight excluding hydrogens is 464 g/mol. The molecule has 0 bridgehead atoms. The zero-order valence-electron chi connectivity index (χ0n) is 22.6. The Labute approximate surface area is 217 Å². The minimum Gasteiger partial charge on any atom is -0.444 e. The van der Waals surface area contributed by atoms with Crippen LogP contribution in [-0.2, 0) is 9.16 Å². The van der Waals surface area contributed by atoms with E-state index in [4.69, 9.17) is 9.16 Å². The van der Waals surface area contributed by atoms with E-state index in [0.717, 1.165) is 12.8 Å². The van der Waals surface area contributed by atoms with Crippen LogP contribution in [0.1, 0.15) is 67.2 Å². The molecule has 1 aliphatic carbocycles. The predicted molar refractivity (Wildman–Crippen MR) is 146 cm³/mol. The lowest BCUT2D eigenvalue weighted by molar-refractivity contribution is -0.108. The van der Waals surface area contributed by atoms with Gasteiger partial charge in [0.1, 0.15) is 11.2 Å². The van der Waals surface area contributed by atoms with E-state index in [1.54, 1.807) is 0 Å². The highest BCUT2D eigenvalue weighted by atomic mass is 28.4. The predicted octanol–water partition coefficient (Wildman–Crippen LogP) is 5.64. The summed E-state index contributed by atoms with van der Waals surface area (Å²) in [4.78, 5) is 14.6. The maximum absolute atomic E-state index is 12.8. The van der Waals surface area contributed by atoms with Crippen LogP contribution in [0.3, 0.4) is 0 Å². The van der Waals surface area contributed by atoms with Crippen molar-refractivity contribution in [3.05, 3.63) is 60.7 Å². The SMILES string of the molecule is CC(C)(C)OC(=O)N1CCCC2(C1)CC(C#N)(O[Si](c1ccccc1)(c1ccccc1)C(C)(C)C)C2. The van der Waals surface area contributed by atoms with Crippen molar-refractivity contribution in [2.75, 3.05) is 13.1 Å². The lowest BCUT2D eigenvalue weighted by Crippen LogP contribution is -2.72. The number of carbonyl (C=O) groups is 1. The molecule has 0 N–H and O–H groups in total. The molecule has 0 unspecified atom stereocenters. The number of piperidine rings is 1. The molecular formula is C30H40N2O3Si. The van der Waals surface area contributed by atoms with Crippen molar-refractivity contribution in [2.45, 2.75) is 83.5 Å². The van der Waals surface area contributed by atoms with Gasteiger partial charge in [-0.05, 0) is 67.3 Å². The third kappa shape index (κ3) is 4.96. The fraction of sp³-hybridized carbons (Fsp3) is 0.533. The third-order valence-corrected chi connectivity index (χ3v) is 12.7. The van der Waals surface area contributed by atoms with Gasteiger partial charge < -0.3 is 14.1 Å².